The maximum Gasteiger partial charge on any atom is 0.329 e. The largest absolute Gasteiger partial charge is 0.467 e. The van der Waals surface area contributed by atoms with Gasteiger partial charge < -0.3 is 24.4 Å². The van der Waals surface area contributed by atoms with Crippen LogP contribution < -0.4 is 10.6 Å². The summed E-state index contributed by atoms with van der Waals surface area (Å²) in [6, 6.07) is 11.8. The lowest BCUT2D eigenvalue weighted by Gasteiger charge is -2.21. The molecule has 3 aromatic rings. The molecule has 0 spiro atoms. The normalized spacial score (nSPS) is 11.6. The Morgan fingerprint density at radius 2 is 1.89 bits per heavy atom. The summed E-state index contributed by atoms with van der Waals surface area (Å²) >= 11 is 0. The zero-order chi connectivity index (χ0) is 26.4. The van der Waals surface area contributed by atoms with Crippen molar-refractivity contribution in [2.75, 3.05) is 11.9 Å². The SMILES string of the molecule is Cc1cccc(C(=O)N[C@H](C(=O)OCC(=O)Nc2c(C#N)c(C)c(C)n2Cc2ccco2)C(C)C)c1. The molecule has 0 aliphatic carbocycles. The van der Waals surface area contributed by atoms with Crippen molar-refractivity contribution >= 4 is 23.6 Å². The number of ether oxygens (including phenoxy) is 1. The molecule has 0 bridgehead atoms. The standard InChI is InChI=1S/C27H30N4O5/c1-16(2)24(30-26(33)20-9-6-8-17(3)12-20)27(34)36-15-23(32)29-25-22(13-28)18(4)19(5)31(25)14-21-10-7-11-35-21/h6-12,16,24H,14-15H2,1-5H3,(H,29,32)(H,30,33)/t24-/m0/s1. The third kappa shape index (κ3) is 6.02. The molecular weight excluding hydrogens is 460 g/mol. The van der Waals surface area contributed by atoms with Gasteiger partial charge in [0.05, 0.1) is 18.4 Å². The van der Waals surface area contributed by atoms with Crippen LogP contribution in [0.1, 0.15) is 52.3 Å². The molecule has 2 heterocycles. The molecular formula is C27H30N4O5. The van der Waals surface area contributed by atoms with Crippen LogP contribution in [-0.2, 0) is 20.9 Å². The fraction of sp³-hybridized carbons (Fsp3) is 0.333. The van der Waals surface area contributed by atoms with E-state index < -0.39 is 30.4 Å². The van der Waals surface area contributed by atoms with Gasteiger partial charge in [-0.1, -0.05) is 31.5 Å². The third-order valence-electron chi connectivity index (χ3n) is 5.93. The summed E-state index contributed by atoms with van der Waals surface area (Å²) in [5.41, 5.74) is 3.20. The number of esters is 1. The Balaban J connectivity index is 1.68. The minimum absolute atomic E-state index is 0.268. The predicted molar refractivity (Wildman–Crippen MR) is 133 cm³/mol. The number of nitriles is 1. The fourth-order valence-corrected chi connectivity index (χ4v) is 3.79. The predicted octanol–water partition coefficient (Wildman–Crippen LogP) is 3.86. The highest BCUT2D eigenvalue weighted by Gasteiger charge is 2.27. The molecule has 0 aliphatic heterocycles. The van der Waals surface area contributed by atoms with Gasteiger partial charge in [-0.3, -0.25) is 9.59 Å². The van der Waals surface area contributed by atoms with Crippen molar-refractivity contribution in [3.63, 3.8) is 0 Å². The van der Waals surface area contributed by atoms with E-state index in [2.05, 4.69) is 16.7 Å². The number of aryl methyl sites for hydroxylation is 1. The van der Waals surface area contributed by atoms with Gasteiger partial charge in [0.1, 0.15) is 23.7 Å². The van der Waals surface area contributed by atoms with E-state index in [4.69, 9.17) is 9.15 Å². The Hall–Kier alpha value is -4.32. The van der Waals surface area contributed by atoms with Crippen molar-refractivity contribution in [3.05, 3.63) is 76.4 Å². The lowest BCUT2D eigenvalue weighted by Crippen LogP contribution is -2.46. The van der Waals surface area contributed by atoms with E-state index in [-0.39, 0.29) is 5.92 Å². The molecule has 1 atom stereocenters. The first-order valence-corrected chi connectivity index (χ1v) is 11.6. The maximum absolute atomic E-state index is 12.7. The molecule has 2 N–H and O–H groups in total. The molecule has 2 aromatic heterocycles. The van der Waals surface area contributed by atoms with Crippen molar-refractivity contribution < 1.29 is 23.5 Å². The molecule has 36 heavy (non-hydrogen) atoms. The zero-order valence-corrected chi connectivity index (χ0v) is 21.0. The highest BCUT2D eigenvalue weighted by atomic mass is 16.5. The van der Waals surface area contributed by atoms with Crippen molar-refractivity contribution in [1.29, 1.82) is 5.26 Å². The van der Waals surface area contributed by atoms with Crippen molar-refractivity contribution in [2.24, 2.45) is 5.92 Å². The van der Waals surface area contributed by atoms with E-state index in [0.717, 1.165) is 16.8 Å². The molecule has 0 radical (unpaired) electrons. The molecule has 0 fully saturated rings. The van der Waals surface area contributed by atoms with Gasteiger partial charge >= 0.3 is 5.97 Å². The molecule has 0 saturated heterocycles. The number of carbonyl (C=O) groups is 3. The first-order valence-electron chi connectivity index (χ1n) is 11.6. The monoisotopic (exact) mass is 490 g/mol. The second kappa shape index (κ2) is 11.4. The molecule has 3 rings (SSSR count). The number of carbonyl (C=O) groups excluding carboxylic acids is 3. The molecule has 0 saturated carbocycles. The molecule has 0 aliphatic rings. The minimum Gasteiger partial charge on any atom is -0.467 e. The molecule has 1 aromatic carbocycles. The van der Waals surface area contributed by atoms with Gasteiger partial charge in [-0.25, -0.2) is 4.79 Å². The average molecular weight is 491 g/mol. The van der Waals surface area contributed by atoms with Gasteiger partial charge in [0.15, 0.2) is 6.61 Å². The maximum atomic E-state index is 12.7. The smallest absolute Gasteiger partial charge is 0.329 e. The number of hydrogen-bond donors (Lipinski definition) is 2. The summed E-state index contributed by atoms with van der Waals surface area (Å²) in [5, 5.41) is 15.0. The van der Waals surface area contributed by atoms with Crippen LogP contribution in [0.25, 0.3) is 0 Å². The van der Waals surface area contributed by atoms with Gasteiger partial charge in [0.2, 0.25) is 0 Å². The summed E-state index contributed by atoms with van der Waals surface area (Å²) in [6.45, 7) is 8.80. The van der Waals surface area contributed by atoms with Crippen molar-refractivity contribution in [3.8, 4) is 6.07 Å². The molecule has 9 nitrogen and oxygen atoms in total. The number of anilines is 1. The second-order valence-electron chi connectivity index (χ2n) is 8.93. The topological polar surface area (TPSA) is 126 Å². The van der Waals surface area contributed by atoms with Crippen LogP contribution in [-0.4, -0.2) is 35.0 Å². The van der Waals surface area contributed by atoms with E-state index in [0.29, 0.717) is 29.2 Å². The van der Waals surface area contributed by atoms with Crippen LogP contribution in [0.4, 0.5) is 5.82 Å². The first kappa shape index (κ1) is 26.3. The number of nitrogens with one attached hydrogen (secondary N) is 2. The lowest BCUT2D eigenvalue weighted by molar-refractivity contribution is -0.150. The highest BCUT2D eigenvalue weighted by Crippen LogP contribution is 2.27. The number of aromatic nitrogens is 1. The molecule has 188 valence electrons. The van der Waals surface area contributed by atoms with Crippen molar-refractivity contribution in [2.45, 2.75) is 47.2 Å². The summed E-state index contributed by atoms with van der Waals surface area (Å²) in [4.78, 5) is 38.1. The van der Waals surface area contributed by atoms with E-state index >= 15 is 0 Å². The van der Waals surface area contributed by atoms with Crippen LogP contribution in [0.5, 0.6) is 0 Å². The number of benzene rings is 1. The summed E-state index contributed by atoms with van der Waals surface area (Å²) in [6.07, 6.45) is 1.55. The summed E-state index contributed by atoms with van der Waals surface area (Å²) < 4.78 is 12.4. The van der Waals surface area contributed by atoms with Gasteiger partial charge in [-0.2, -0.15) is 5.26 Å². The molecule has 0 unspecified atom stereocenters. The quantitative estimate of drug-likeness (QED) is 0.439. The third-order valence-corrected chi connectivity index (χ3v) is 5.93. The Morgan fingerprint density at radius 3 is 2.50 bits per heavy atom. The van der Waals surface area contributed by atoms with Gasteiger partial charge in [-0.15, -0.1) is 0 Å². The highest BCUT2D eigenvalue weighted by molar-refractivity contribution is 5.98. The number of nitrogens with zero attached hydrogens (tertiary/aromatic N) is 2. The Bertz CT molecular complexity index is 1300. The van der Waals surface area contributed by atoms with Crippen LogP contribution in [0, 0.1) is 38.0 Å². The van der Waals surface area contributed by atoms with Crippen LogP contribution in [0.2, 0.25) is 0 Å². The van der Waals surface area contributed by atoms with Crippen LogP contribution in [0.3, 0.4) is 0 Å². The van der Waals surface area contributed by atoms with Crippen LogP contribution in [0.15, 0.2) is 47.1 Å². The lowest BCUT2D eigenvalue weighted by atomic mass is 10.0. The van der Waals surface area contributed by atoms with Crippen LogP contribution >= 0.6 is 0 Å². The fourth-order valence-electron chi connectivity index (χ4n) is 3.79. The number of furan rings is 1. The summed E-state index contributed by atoms with van der Waals surface area (Å²) in [7, 11) is 0. The first-order chi connectivity index (χ1) is 17.1. The van der Waals surface area contributed by atoms with Gasteiger partial charge in [0.25, 0.3) is 11.8 Å². The number of amides is 2. The number of rotatable bonds is 9. The van der Waals surface area contributed by atoms with E-state index in [1.807, 2.05) is 19.9 Å². The van der Waals surface area contributed by atoms with E-state index in [1.54, 1.807) is 61.9 Å². The average Bonchev–Trinajstić information content (AvgIpc) is 3.43. The van der Waals surface area contributed by atoms with Gasteiger partial charge in [-0.05, 0) is 56.5 Å². The Kier molecular flexibility index (Phi) is 8.33. The van der Waals surface area contributed by atoms with Crippen molar-refractivity contribution in [1.82, 2.24) is 9.88 Å². The van der Waals surface area contributed by atoms with E-state index in [9.17, 15) is 19.6 Å². The number of hydrogen-bond acceptors (Lipinski definition) is 6. The minimum atomic E-state index is -0.937. The van der Waals surface area contributed by atoms with E-state index in [1.165, 1.54) is 0 Å². The molecule has 2 amide bonds. The van der Waals surface area contributed by atoms with Gasteiger partial charge in [0, 0.05) is 11.3 Å². The second-order valence-corrected chi connectivity index (χ2v) is 8.93. The zero-order valence-electron chi connectivity index (χ0n) is 21.0. The Morgan fingerprint density at radius 1 is 1.14 bits per heavy atom. The summed E-state index contributed by atoms with van der Waals surface area (Å²) in [5.74, 6) is -1.04. The molecule has 9 heteroatoms. The Labute approximate surface area is 210 Å².